The minimum Gasteiger partial charge on any atom is -0.390 e. The van der Waals surface area contributed by atoms with Gasteiger partial charge >= 0.3 is 0 Å². The molecule has 3 unspecified atom stereocenters. The third kappa shape index (κ3) is 4.17. The smallest absolute Gasteiger partial charge is 0.0793 e. The molecule has 0 aromatic carbocycles. The largest absolute Gasteiger partial charge is 0.390 e. The molecule has 2 fully saturated rings. The predicted molar refractivity (Wildman–Crippen MR) is 71.8 cm³/mol. The Morgan fingerprint density at radius 1 is 1.28 bits per heavy atom. The SMILES string of the molecule is CC1CN(CC(O)CN2CCNCC2)C(C)CO1. The maximum absolute atomic E-state index is 10.2. The van der Waals surface area contributed by atoms with E-state index in [1.165, 1.54) is 0 Å². The zero-order valence-electron chi connectivity index (χ0n) is 11.6. The van der Waals surface area contributed by atoms with Gasteiger partial charge in [-0.3, -0.25) is 9.80 Å². The molecule has 0 aromatic heterocycles. The zero-order chi connectivity index (χ0) is 13.0. The van der Waals surface area contributed by atoms with Crippen molar-refractivity contribution in [3.8, 4) is 0 Å². The first-order valence-corrected chi connectivity index (χ1v) is 7.12. The van der Waals surface area contributed by atoms with Gasteiger partial charge in [0.05, 0.1) is 18.8 Å². The van der Waals surface area contributed by atoms with E-state index in [0.717, 1.165) is 52.4 Å². The number of rotatable bonds is 4. The van der Waals surface area contributed by atoms with E-state index in [4.69, 9.17) is 4.74 Å². The van der Waals surface area contributed by atoms with E-state index in [1.807, 2.05) is 0 Å². The average molecular weight is 257 g/mol. The van der Waals surface area contributed by atoms with E-state index in [0.29, 0.717) is 6.04 Å². The standard InChI is InChI=1S/C13H27N3O2/c1-11-10-18-12(2)7-16(11)9-13(17)8-15-5-3-14-4-6-15/h11-14,17H,3-10H2,1-2H3. The second kappa shape index (κ2) is 6.82. The van der Waals surface area contributed by atoms with Gasteiger partial charge in [0.1, 0.15) is 0 Å². The number of aliphatic hydroxyl groups is 1. The molecular formula is C13H27N3O2. The fourth-order valence-corrected chi connectivity index (χ4v) is 2.75. The van der Waals surface area contributed by atoms with Crippen LogP contribution >= 0.6 is 0 Å². The third-order valence-electron chi connectivity index (χ3n) is 3.86. The highest BCUT2D eigenvalue weighted by atomic mass is 16.5. The van der Waals surface area contributed by atoms with Crippen LogP contribution in [0.15, 0.2) is 0 Å². The van der Waals surface area contributed by atoms with Gasteiger partial charge in [-0.1, -0.05) is 0 Å². The molecular weight excluding hydrogens is 230 g/mol. The maximum Gasteiger partial charge on any atom is 0.0793 e. The van der Waals surface area contributed by atoms with Crippen molar-refractivity contribution >= 4 is 0 Å². The summed E-state index contributed by atoms with van der Waals surface area (Å²) in [5.41, 5.74) is 0. The lowest BCUT2D eigenvalue weighted by Crippen LogP contribution is -2.53. The van der Waals surface area contributed by atoms with E-state index < -0.39 is 0 Å². The van der Waals surface area contributed by atoms with Gasteiger partial charge in [0.15, 0.2) is 0 Å². The molecule has 2 aliphatic heterocycles. The zero-order valence-corrected chi connectivity index (χ0v) is 11.6. The first-order chi connectivity index (χ1) is 8.65. The first kappa shape index (κ1) is 14.2. The number of nitrogens with one attached hydrogen (secondary N) is 1. The molecule has 0 spiro atoms. The van der Waals surface area contributed by atoms with Crippen molar-refractivity contribution in [2.75, 3.05) is 52.4 Å². The normalized spacial score (nSPS) is 33.5. The molecule has 2 N–H and O–H groups in total. The van der Waals surface area contributed by atoms with Gasteiger partial charge in [0.25, 0.3) is 0 Å². The number of morpholine rings is 1. The Kier molecular flexibility index (Phi) is 5.38. The highest BCUT2D eigenvalue weighted by molar-refractivity contribution is 4.79. The number of hydrogen-bond acceptors (Lipinski definition) is 5. The molecule has 2 rings (SSSR count). The molecule has 5 heteroatoms. The molecule has 106 valence electrons. The molecule has 0 bridgehead atoms. The molecule has 0 aliphatic carbocycles. The summed E-state index contributed by atoms with van der Waals surface area (Å²) in [6.07, 6.45) is 0.0310. The molecule has 0 amide bonds. The molecule has 0 saturated carbocycles. The summed E-state index contributed by atoms with van der Waals surface area (Å²) in [6, 6.07) is 0.416. The van der Waals surface area contributed by atoms with Crippen LogP contribution in [0.1, 0.15) is 13.8 Å². The maximum atomic E-state index is 10.2. The van der Waals surface area contributed by atoms with Gasteiger partial charge < -0.3 is 15.2 Å². The number of hydrogen-bond donors (Lipinski definition) is 2. The summed E-state index contributed by atoms with van der Waals surface area (Å²) >= 11 is 0. The lowest BCUT2D eigenvalue weighted by atomic mass is 10.1. The first-order valence-electron chi connectivity index (χ1n) is 7.12. The minimum absolute atomic E-state index is 0.254. The van der Waals surface area contributed by atoms with E-state index in [9.17, 15) is 5.11 Å². The molecule has 0 radical (unpaired) electrons. The second-order valence-corrected chi connectivity index (χ2v) is 5.65. The van der Waals surface area contributed by atoms with Crippen LogP contribution in [0.25, 0.3) is 0 Å². The van der Waals surface area contributed by atoms with Gasteiger partial charge in [-0.05, 0) is 13.8 Å². The van der Waals surface area contributed by atoms with Crippen LogP contribution < -0.4 is 5.32 Å². The van der Waals surface area contributed by atoms with E-state index >= 15 is 0 Å². The van der Waals surface area contributed by atoms with Crippen molar-refractivity contribution in [1.82, 2.24) is 15.1 Å². The molecule has 3 atom stereocenters. The van der Waals surface area contributed by atoms with Crippen LogP contribution in [0.5, 0.6) is 0 Å². The Morgan fingerprint density at radius 3 is 2.72 bits per heavy atom. The molecule has 2 saturated heterocycles. The van der Waals surface area contributed by atoms with Gasteiger partial charge in [0.2, 0.25) is 0 Å². The summed E-state index contributed by atoms with van der Waals surface area (Å²) in [4.78, 5) is 4.69. The summed E-state index contributed by atoms with van der Waals surface area (Å²) in [6.45, 7) is 11.7. The minimum atomic E-state index is -0.254. The average Bonchev–Trinajstić information content (AvgIpc) is 2.35. The van der Waals surface area contributed by atoms with Crippen LogP contribution in [0.4, 0.5) is 0 Å². The molecule has 2 heterocycles. The van der Waals surface area contributed by atoms with Crippen molar-refractivity contribution in [2.24, 2.45) is 0 Å². The quantitative estimate of drug-likeness (QED) is 0.702. The highest BCUT2D eigenvalue weighted by Gasteiger charge is 2.26. The molecule has 0 aromatic rings. The lowest BCUT2D eigenvalue weighted by Gasteiger charge is -2.38. The van der Waals surface area contributed by atoms with E-state index in [1.54, 1.807) is 0 Å². The van der Waals surface area contributed by atoms with Gasteiger partial charge in [0, 0.05) is 51.9 Å². The van der Waals surface area contributed by atoms with E-state index in [-0.39, 0.29) is 12.2 Å². The Hall–Kier alpha value is -0.200. The third-order valence-corrected chi connectivity index (χ3v) is 3.86. The van der Waals surface area contributed by atoms with Crippen molar-refractivity contribution in [3.63, 3.8) is 0 Å². The van der Waals surface area contributed by atoms with Crippen molar-refractivity contribution in [1.29, 1.82) is 0 Å². The lowest BCUT2D eigenvalue weighted by molar-refractivity contribution is -0.0642. The summed E-state index contributed by atoms with van der Waals surface area (Å²) < 4.78 is 5.61. The number of ether oxygens (including phenoxy) is 1. The highest BCUT2D eigenvalue weighted by Crippen LogP contribution is 2.12. The topological polar surface area (TPSA) is 48.0 Å². The van der Waals surface area contributed by atoms with Crippen LogP contribution in [0.3, 0.4) is 0 Å². The van der Waals surface area contributed by atoms with Gasteiger partial charge in [-0.15, -0.1) is 0 Å². The summed E-state index contributed by atoms with van der Waals surface area (Å²) in [7, 11) is 0. The summed E-state index contributed by atoms with van der Waals surface area (Å²) in [5, 5.41) is 13.5. The summed E-state index contributed by atoms with van der Waals surface area (Å²) in [5.74, 6) is 0. The number of β-amino-alcohol motifs (C(OH)–C–C–N with tert-alkyl or cyclic N) is 1. The number of piperazine rings is 1. The Labute approximate surface area is 110 Å². The van der Waals surface area contributed by atoms with Crippen LogP contribution in [-0.4, -0.2) is 85.6 Å². The van der Waals surface area contributed by atoms with Crippen LogP contribution in [0.2, 0.25) is 0 Å². The van der Waals surface area contributed by atoms with Crippen molar-refractivity contribution in [2.45, 2.75) is 32.1 Å². The second-order valence-electron chi connectivity index (χ2n) is 5.65. The Morgan fingerprint density at radius 2 is 2.00 bits per heavy atom. The molecule has 18 heavy (non-hydrogen) atoms. The van der Waals surface area contributed by atoms with Crippen LogP contribution in [-0.2, 0) is 4.74 Å². The fourth-order valence-electron chi connectivity index (χ4n) is 2.75. The molecule has 2 aliphatic rings. The van der Waals surface area contributed by atoms with Crippen molar-refractivity contribution < 1.29 is 9.84 Å². The predicted octanol–water partition coefficient (Wildman–Crippen LogP) is -0.638. The Balaban J connectivity index is 1.73. The van der Waals surface area contributed by atoms with Crippen LogP contribution in [0, 0.1) is 0 Å². The fraction of sp³-hybridized carbons (Fsp3) is 1.00. The number of aliphatic hydroxyl groups excluding tert-OH is 1. The van der Waals surface area contributed by atoms with Crippen molar-refractivity contribution in [3.05, 3.63) is 0 Å². The van der Waals surface area contributed by atoms with Gasteiger partial charge in [-0.25, -0.2) is 0 Å². The Bertz CT molecular complexity index is 246. The van der Waals surface area contributed by atoms with E-state index in [2.05, 4.69) is 29.0 Å². The monoisotopic (exact) mass is 257 g/mol. The number of nitrogens with zero attached hydrogens (tertiary/aromatic N) is 2. The molecule has 5 nitrogen and oxygen atoms in total. The van der Waals surface area contributed by atoms with Gasteiger partial charge in [-0.2, -0.15) is 0 Å².